The van der Waals surface area contributed by atoms with Crippen molar-refractivity contribution in [1.29, 1.82) is 0 Å². The molecular formula is C14H22N2O2. The number of rotatable bonds is 4. The predicted molar refractivity (Wildman–Crippen MR) is 71.0 cm³/mol. The first kappa shape index (κ1) is 13.1. The van der Waals surface area contributed by atoms with E-state index in [9.17, 15) is 4.79 Å². The molecule has 1 unspecified atom stereocenters. The molecule has 0 saturated heterocycles. The fraction of sp³-hybridized carbons (Fsp3) is 0.643. The molecule has 1 heterocycles. The Morgan fingerprint density at radius 3 is 2.78 bits per heavy atom. The van der Waals surface area contributed by atoms with Gasteiger partial charge in [-0.15, -0.1) is 0 Å². The van der Waals surface area contributed by atoms with E-state index >= 15 is 0 Å². The van der Waals surface area contributed by atoms with E-state index in [4.69, 9.17) is 5.11 Å². The summed E-state index contributed by atoms with van der Waals surface area (Å²) in [6, 6.07) is 0.582. The van der Waals surface area contributed by atoms with Gasteiger partial charge in [0.05, 0.1) is 11.7 Å². The molecule has 1 fully saturated rings. The molecule has 18 heavy (non-hydrogen) atoms. The first-order chi connectivity index (χ1) is 8.72. The second-order valence-corrected chi connectivity index (χ2v) is 4.99. The molecule has 1 aliphatic carbocycles. The maximum atomic E-state index is 11.0. The van der Waals surface area contributed by atoms with Crippen LogP contribution in [0.3, 0.4) is 0 Å². The van der Waals surface area contributed by atoms with Gasteiger partial charge in [-0.25, -0.2) is 4.79 Å². The molecule has 2 rings (SSSR count). The van der Waals surface area contributed by atoms with Gasteiger partial charge < -0.3 is 10.4 Å². The minimum Gasteiger partial charge on any atom is -0.478 e. The van der Waals surface area contributed by atoms with Crippen LogP contribution in [0.2, 0.25) is 0 Å². The summed E-state index contributed by atoms with van der Waals surface area (Å²) in [6.07, 6.45) is 11.6. The Bertz CT molecular complexity index is 357. The van der Waals surface area contributed by atoms with Crippen LogP contribution in [0, 0.1) is 0 Å². The summed E-state index contributed by atoms with van der Waals surface area (Å²) < 4.78 is 0. The van der Waals surface area contributed by atoms with Crippen molar-refractivity contribution < 1.29 is 9.90 Å². The molecule has 2 N–H and O–H groups in total. The van der Waals surface area contributed by atoms with Crippen LogP contribution >= 0.6 is 0 Å². The topological polar surface area (TPSA) is 52.6 Å². The third-order valence-corrected chi connectivity index (χ3v) is 3.88. The second-order valence-electron chi connectivity index (χ2n) is 4.99. The molecule has 0 radical (unpaired) electrons. The highest BCUT2D eigenvalue weighted by Crippen LogP contribution is 2.24. The van der Waals surface area contributed by atoms with E-state index in [1.807, 2.05) is 6.08 Å². The maximum Gasteiger partial charge on any atom is 0.335 e. The highest BCUT2D eigenvalue weighted by molar-refractivity contribution is 5.90. The van der Waals surface area contributed by atoms with Gasteiger partial charge in [0, 0.05) is 6.04 Å². The van der Waals surface area contributed by atoms with Crippen molar-refractivity contribution in [1.82, 2.24) is 10.2 Å². The molecule has 0 aromatic heterocycles. The van der Waals surface area contributed by atoms with Gasteiger partial charge in [-0.3, -0.25) is 4.90 Å². The molecular weight excluding hydrogens is 228 g/mol. The Hall–Kier alpha value is -1.29. The lowest BCUT2D eigenvalue weighted by Gasteiger charge is -2.39. The number of carboxylic acid groups (broad SMARTS) is 1. The average Bonchev–Trinajstić information content (AvgIpc) is 2.41. The Morgan fingerprint density at radius 2 is 2.17 bits per heavy atom. The number of carbonyl (C=O) groups is 1. The number of hydrogen-bond acceptors (Lipinski definition) is 3. The third-order valence-electron chi connectivity index (χ3n) is 3.88. The summed E-state index contributed by atoms with van der Waals surface area (Å²) in [6.45, 7) is 3.09. The fourth-order valence-corrected chi connectivity index (χ4v) is 2.94. The van der Waals surface area contributed by atoms with Gasteiger partial charge >= 0.3 is 5.97 Å². The molecule has 0 aromatic carbocycles. The Morgan fingerprint density at radius 1 is 1.44 bits per heavy atom. The minimum atomic E-state index is -0.850. The first-order valence-electron chi connectivity index (χ1n) is 6.86. The van der Waals surface area contributed by atoms with Crippen LogP contribution in [0.25, 0.3) is 0 Å². The lowest BCUT2D eigenvalue weighted by molar-refractivity contribution is -0.132. The van der Waals surface area contributed by atoms with E-state index < -0.39 is 5.97 Å². The van der Waals surface area contributed by atoms with Crippen LogP contribution in [-0.2, 0) is 4.79 Å². The van der Waals surface area contributed by atoms with Crippen molar-refractivity contribution in [2.45, 2.75) is 51.2 Å². The van der Waals surface area contributed by atoms with Gasteiger partial charge in [0.1, 0.15) is 0 Å². The van der Waals surface area contributed by atoms with Crippen molar-refractivity contribution in [2.75, 3.05) is 6.54 Å². The van der Waals surface area contributed by atoms with E-state index in [-0.39, 0.29) is 6.17 Å². The van der Waals surface area contributed by atoms with Gasteiger partial charge in [0.2, 0.25) is 0 Å². The zero-order valence-corrected chi connectivity index (χ0v) is 10.9. The van der Waals surface area contributed by atoms with Crippen molar-refractivity contribution in [3.05, 3.63) is 23.9 Å². The summed E-state index contributed by atoms with van der Waals surface area (Å²) >= 11 is 0. The summed E-state index contributed by atoms with van der Waals surface area (Å²) in [5.74, 6) is -0.850. The van der Waals surface area contributed by atoms with Crippen molar-refractivity contribution in [2.24, 2.45) is 0 Å². The van der Waals surface area contributed by atoms with Crippen molar-refractivity contribution in [3.63, 3.8) is 0 Å². The average molecular weight is 250 g/mol. The third kappa shape index (κ3) is 2.93. The zero-order chi connectivity index (χ0) is 13.0. The predicted octanol–water partition coefficient (Wildman–Crippen LogP) is 2.10. The summed E-state index contributed by atoms with van der Waals surface area (Å²) in [5.41, 5.74) is 0.382. The molecule has 0 bridgehead atoms. The summed E-state index contributed by atoms with van der Waals surface area (Å²) in [4.78, 5) is 13.4. The first-order valence-corrected chi connectivity index (χ1v) is 6.86. The number of likely N-dealkylation sites (N-methyl/N-ethyl adjacent to an activating group) is 1. The molecule has 100 valence electrons. The normalized spacial score (nSPS) is 24.8. The Balaban J connectivity index is 2.07. The van der Waals surface area contributed by atoms with Gasteiger partial charge in [-0.1, -0.05) is 26.2 Å². The van der Waals surface area contributed by atoms with Crippen LogP contribution in [0.4, 0.5) is 0 Å². The van der Waals surface area contributed by atoms with Crippen molar-refractivity contribution in [3.8, 4) is 0 Å². The lowest BCUT2D eigenvalue weighted by atomic mass is 9.93. The number of nitrogens with zero attached hydrogens (tertiary/aromatic N) is 1. The molecule has 1 saturated carbocycles. The monoisotopic (exact) mass is 250 g/mol. The Labute approximate surface area is 108 Å². The largest absolute Gasteiger partial charge is 0.478 e. The van der Waals surface area contributed by atoms with Gasteiger partial charge in [-0.2, -0.15) is 0 Å². The SMILES string of the molecule is CCN(C1CCCCC1)C1C=C(C(=O)O)C=CN1. The number of nitrogens with one attached hydrogen (secondary N) is 1. The van der Waals surface area contributed by atoms with E-state index in [0.717, 1.165) is 6.54 Å². The molecule has 0 amide bonds. The number of hydrogen-bond donors (Lipinski definition) is 2. The summed E-state index contributed by atoms with van der Waals surface area (Å²) in [7, 11) is 0. The molecule has 1 atom stereocenters. The van der Waals surface area contributed by atoms with Crippen LogP contribution in [-0.4, -0.2) is 34.7 Å². The van der Waals surface area contributed by atoms with Crippen LogP contribution in [0.5, 0.6) is 0 Å². The second kappa shape index (κ2) is 6.05. The minimum absolute atomic E-state index is 0.0224. The van der Waals surface area contributed by atoms with E-state index in [1.165, 1.54) is 32.1 Å². The van der Waals surface area contributed by atoms with Crippen LogP contribution < -0.4 is 5.32 Å². The van der Waals surface area contributed by atoms with E-state index in [2.05, 4.69) is 17.1 Å². The molecule has 4 heteroatoms. The highest BCUT2D eigenvalue weighted by atomic mass is 16.4. The van der Waals surface area contributed by atoms with Crippen molar-refractivity contribution >= 4 is 5.97 Å². The van der Waals surface area contributed by atoms with Gasteiger partial charge in [0.15, 0.2) is 0 Å². The number of aliphatic carboxylic acids is 1. The standard InChI is InChI=1S/C14H22N2O2/c1-2-16(12-6-4-3-5-7-12)13-10-11(14(17)18)8-9-15-13/h8-10,12-13,15H,2-7H2,1H3,(H,17,18). The summed E-state index contributed by atoms with van der Waals surface area (Å²) in [5, 5.41) is 12.3. The molecule has 0 spiro atoms. The zero-order valence-electron chi connectivity index (χ0n) is 10.9. The molecule has 1 aliphatic heterocycles. The van der Waals surface area contributed by atoms with Gasteiger partial charge in [-0.05, 0) is 37.7 Å². The van der Waals surface area contributed by atoms with E-state index in [0.29, 0.717) is 11.6 Å². The van der Waals surface area contributed by atoms with Crippen LogP contribution in [0.15, 0.2) is 23.9 Å². The molecule has 4 nitrogen and oxygen atoms in total. The Kier molecular flexibility index (Phi) is 4.42. The van der Waals surface area contributed by atoms with E-state index in [1.54, 1.807) is 12.3 Å². The fourth-order valence-electron chi connectivity index (χ4n) is 2.94. The number of carboxylic acids is 1. The highest BCUT2D eigenvalue weighted by Gasteiger charge is 2.26. The molecule has 2 aliphatic rings. The smallest absolute Gasteiger partial charge is 0.335 e. The number of dihydropyridines is 1. The van der Waals surface area contributed by atoms with Gasteiger partial charge in [0.25, 0.3) is 0 Å². The lowest BCUT2D eigenvalue weighted by Crippen LogP contribution is -2.49. The van der Waals surface area contributed by atoms with Crippen LogP contribution in [0.1, 0.15) is 39.0 Å². The molecule has 0 aromatic rings. The maximum absolute atomic E-state index is 11.0. The quantitative estimate of drug-likeness (QED) is 0.802.